The summed E-state index contributed by atoms with van der Waals surface area (Å²) < 4.78 is 6.25. The van der Waals surface area contributed by atoms with Crippen molar-refractivity contribution in [2.45, 2.75) is 0 Å². The van der Waals surface area contributed by atoms with Crippen molar-refractivity contribution >= 4 is 50.5 Å². The van der Waals surface area contributed by atoms with Gasteiger partial charge in [0, 0.05) is 0 Å². The van der Waals surface area contributed by atoms with Gasteiger partial charge in [0.1, 0.15) is 11.5 Å². The SMILES string of the molecule is B1c2ccccc2Oc2cc3c4ccccc4c4ccccc4c3cc21. The quantitative estimate of drug-likeness (QED) is 0.291. The molecular weight excluding hydrogens is 315 g/mol. The number of ether oxygens (including phenoxy) is 1. The van der Waals surface area contributed by atoms with Gasteiger partial charge in [0.15, 0.2) is 0 Å². The molecule has 120 valence electrons. The molecule has 0 aromatic heterocycles. The van der Waals surface area contributed by atoms with Gasteiger partial charge in [-0.15, -0.1) is 0 Å². The highest BCUT2D eigenvalue weighted by Gasteiger charge is 2.20. The van der Waals surface area contributed by atoms with Crippen LogP contribution >= 0.6 is 0 Å². The van der Waals surface area contributed by atoms with Gasteiger partial charge in [-0.25, -0.2) is 0 Å². The summed E-state index contributed by atoms with van der Waals surface area (Å²) in [5.74, 6) is 1.96. The summed E-state index contributed by atoms with van der Waals surface area (Å²) in [4.78, 5) is 0. The Kier molecular flexibility index (Phi) is 2.75. The molecule has 5 aromatic rings. The van der Waals surface area contributed by atoms with E-state index < -0.39 is 0 Å². The second-order valence-corrected chi connectivity index (χ2v) is 6.98. The molecule has 0 N–H and O–H groups in total. The van der Waals surface area contributed by atoms with Crippen LogP contribution < -0.4 is 15.7 Å². The monoisotopic (exact) mass is 330 g/mol. The first-order valence-electron chi connectivity index (χ1n) is 9.00. The van der Waals surface area contributed by atoms with E-state index in [1.54, 1.807) is 0 Å². The van der Waals surface area contributed by atoms with Crippen molar-refractivity contribution in [3.8, 4) is 11.5 Å². The number of hydrogen-bond acceptors (Lipinski definition) is 1. The highest BCUT2D eigenvalue weighted by atomic mass is 16.5. The molecule has 0 aliphatic carbocycles. The van der Waals surface area contributed by atoms with Gasteiger partial charge in [0.2, 0.25) is 7.28 Å². The maximum Gasteiger partial charge on any atom is 0.202 e. The van der Waals surface area contributed by atoms with Gasteiger partial charge in [-0.2, -0.15) is 0 Å². The van der Waals surface area contributed by atoms with Gasteiger partial charge in [-0.1, -0.05) is 72.8 Å². The van der Waals surface area contributed by atoms with Gasteiger partial charge in [-0.05, 0) is 55.4 Å². The smallest absolute Gasteiger partial charge is 0.202 e. The standard InChI is InChI=1S/C24H15BO/c1-3-9-17-15(7-1)16-8-2-4-10-18(16)20-14-24-22(13-19(17)20)25-21-11-5-6-12-23(21)26-24/h1-14,25H. The van der Waals surface area contributed by atoms with Crippen molar-refractivity contribution in [2.75, 3.05) is 0 Å². The Hall–Kier alpha value is -3.26. The predicted octanol–water partition coefficient (Wildman–Crippen LogP) is 4.64. The summed E-state index contributed by atoms with van der Waals surface area (Å²) in [6, 6.07) is 30.3. The fourth-order valence-electron chi connectivity index (χ4n) is 4.28. The zero-order valence-corrected chi connectivity index (χ0v) is 14.2. The largest absolute Gasteiger partial charge is 0.458 e. The molecule has 0 bridgehead atoms. The van der Waals surface area contributed by atoms with Crippen LogP contribution in [0.1, 0.15) is 0 Å². The average Bonchev–Trinajstić information content (AvgIpc) is 2.71. The lowest BCUT2D eigenvalue weighted by atomic mass is 9.61. The van der Waals surface area contributed by atoms with E-state index in [4.69, 9.17) is 4.74 Å². The fraction of sp³-hybridized carbons (Fsp3) is 0. The Bertz CT molecular complexity index is 1230. The fourth-order valence-corrected chi connectivity index (χ4v) is 4.28. The zero-order chi connectivity index (χ0) is 17.1. The Morgan fingerprint density at radius 2 is 1.00 bits per heavy atom. The maximum absolute atomic E-state index is 6.25. The lowest BCUT2D eigenvalue weighted by Gasteiger charge is -2.21. The lowest BCUT2D eigenvalue weighted by Crippen LogP contribution is -2.33. The Morgan fingerprint density at radius 1 is 0.462 bits per heavy atom. The molecule has 1 aliphatic heterocycles. The number of rotatable bonds is 0. The zero-order valence-electron chi connectivity index (χ0n) is 14.2. The molecule has 0 atom stereocenters. The van der Waals surface area contributed by atoms with Crippen molar-refractivity contribution < 1.29 is 4.74 Å². The number of para-hydroxylation sites is 1. The third-order valence-electron chi connectivity index (χ3n) is 5.50. The molecule has 0 saturated carbocycles. The van der Waals surface area contributed by atoms with Gasteiger partial charge in [0.05, 0.1) is 0 Å². The number of benzene rings is 5. The van der Waals surface area contributed by atoms with Gasteiger partial charge < -0.3 is 4.74 Å². The van der Waals surface area contributed by atoms with E-state index in [2.05, 4.69) is 78.9 Å². The molecule has 0 spiro atoms. The molecule has 0 saturated heterocycles. The molecule has 5 aromatic carbocycles. The van der Waals surface area contributed by atoms with E-state index in [9.17, 15) is 0 Å². The minimum Gasteiger partial charge on any atom is -0.458 e. The van der Waals surface area contributed by atoms with Gasteiger partial charge in [0.25, 0.3) is 0 Å². The Labute approximate surface area is 152 Å². The van der Waals surface area contributed by atoms with Crippen molar-refractivity contribution in [3.05, 3.63) is 84.9 Å². The van der Waals surface area contributed by atoms with Crippen LogP contribution in [0.15, 0.2) is 84.9 Å². The van der Waals surface area contributed by atoms with Crippen molar-refractivity contribution in [1.29, 1.82) is 0 Å². The van der Waals surface area contributed by atoms with Crippen molar-refractivity contribution in [2.24, 2.45) is 0 Å². The molecule has 0 radical (unpaired) electrons. The third kappa shape index (κ3) is 1.87. The Morgan fingerprint density at radius 3 is 1.69 bits per heavy atom. The van der Waals surface area contributed by atoms with Gasteiger partial charge >= 0.3 is 0 Å². The van der Waals surface area contributed by atoms with Crippen molar-refractivity contribution in [3.63, 3.8) is 0 Å². The van der Waals surface area contributed by atoms with Crippen LogP contribution in [0.25, 0.3) is 32.3 Å². The molecule has 6 rings (SSSR count). The summed E-state index contributed by atoms with van der Waals surface area (Å²) in [6.45, 7) is 0. The summed E-state index contributed by atoms with van der Waals surface area (Å²) >= 11 is 0. The molecule has 1 aliphatic rings. The Balaban J connectivity index is 1.75. The van der Waals surface area contributed by atoms with E-state index >= 15 is 0 Å². The van der Waals surface area contributed by atoms with Crippen LogP contribution in [-0.2, 0) is 0 Å². The number of fused-ring (bicyclic) bond motifs is 8. The highest BCUT2D eigenvalue weighted by molar-refractivity contribution is 6.70. The van der Waals surface area contributed by atoms with Crippen LogP contribution in [0, 0.1) is 0 Å². The van der Waals surface area contributed by atoms with Crippen molar-refractivity contribution in [1.82, 2.24) is 0 Å². The normalized spacial score (nSPS) is 12.5. The van der Waals surface area contributed by atoms with Crippen LogP contribution in [0.2, 0.25) is 0 Å². The topological polar surface area (TPSA) is 9.23 Å². The van der Waals surface area contributed by atoms with E-state index in [-0.39, 0.29) is 0 Å². The molecule has 1 heterocycles. The lowest BCUT2D eigenvalue weighted by molar-refractivity contribution is 0.488. The summed E-state index contributed by atoms with van der Waals surface area (Å²) in [5, 5.41) is 7.77. The van der Waals surface area contributed by atoms with E-state index in [1.807, 2.05) is 6.07 Å². The molecule has 0 unspecified atom stereocenters. The highest BCUT2D eigenvalue weighted by Crippen LogP contribution is 2.37. The molecule has 1 nitrogen and oxygen atoms in total. The molecule has 0 amide bonds. The van der Waals surface area contributed by atoms with Crippen LogP contribution in [0.4, 0.5) is 0 Å². The third-order valence-corrected chi connectivity index (χ3v) is 5.50. The first-order valence-corrected chi connectivity index (χ1v) is 9.00. The maximum atomic E-state index is 6.25. The first-order chi connectivity index (χ1) is 12.9. The molecule has 2 heteroatoms. The summed E-state index contributed by atoms with van der Waals surface area (Å²) in [6.07, 6.45) is 0. The van der Waals surface area contributed by atoms with E-state index in [0.29, 0.717) is 0 Å². The molecule has 0 fully saturated rings. The second-order valence-electron chi connectivity index (χ2n) is 6.98. The van der Waals surface area contributed by atoms with Crippen LogP contribution in [0.3, 0.4) is 0 Å². The minimum absolute atomic E-state index is 0.919. The predicted molar refractivity (Wildman–Crippen MR) is 112 cm³/mol. The van der Waals surface area contributed by atoms with E-state index in [1.165, 1.54) is 43.2 Å². The molecular formula is C24H15BO. The van der Waals surface area contributed by atoms with Crippen LogP contribution in [-0.4, -0.2) is 7.28 Å². The second kappa shape index (κ2) is 5.12. The number of hydrogen-bond donors (Lipinski definition) is 0. The van der Waals surface area contributed by atoms with Crippen LogP contribution in [0.5, 0.6) is 11.5 Å². The summed E-state index contributed by atoms with van der Waals surface area (Å²) in [5.41, 5.74) is 2.51. The minimum atomic E-state index is 0.919. The van der Waals surface area contributed by atoms with Gasteiger partial charge in [-0.3, -0.25) is 0 Å². The molecule has 26 heavy (non-hydrogen) atoms. The first kappa shape index (κ1) is 14.0. The van der Waals surface area contributed by atoms with E-state index in [0.717, 1.165) is 18.8 Å². The summed E-state index contributed by atoms with van der Waals surface area (Å²) in [7, 11) is 0.919. The average molecular weight is 330 g/mol.